The van der Waals surface area contributed by atoms with Crippen LogP contribution in [0, 0.1) is 22.7 Å². The Morgan fingerprint density at radius 3 is 2.68 bits per heavy atom. The summed E-state index contributed by atoms with van der Waals surface area (Å²) in [5.41, 5.74) is 1.51. The Morgan fingerprint density at radius 1 is 1.40 bits per heavy atom. The normalized spacial score (nSPS) is 36.4. The van der Waals surface area contributed by atoms with Gasteiger partial charge < -0.3 is 14.9 Å². The van der Waals surface area contributed by atoms with Gasteiger partial charge in [0.15, 0.2) is 0 Å². The molecule has 0 spiro atoms. The van der Waals surface area contributed by atoms with Gasteiger partial charge in [-0.1, -0.05) is 32.1 Å². The molecule has 0 aromatic heterocycles. The fraction of sp³-hybridized carbons (Fsp3) is 0.762. The number of allylic oxidation sites excluding steroid dienone is 1. The molecule has 0 aromatic carbocycles. The molecule has 0 saturated heterocycles. The number of aliphatic hydroxyl groups excluding tert-OH is 2. The number of rotatable bonds is 6. The van der Waals surface area contributed by atoms with Crippen LogP contribution in [0.25, 0.3) is 0 Å². The lowest BCUT2D eigenvalue weighted by Gasteiger charge is -2.57. The van der Waals surface area contributed by atoms with Crippen LogP contribution in [0.3, 0.4) is 0 Å². The van der Waals surface area contributed by atoms with Crippen LogP contribution in [-0.2, 0) is 9.53 Å². The van der Waals surface area contributed by atoms with E-state index in [1.54, 1.807) is 0 Å². The fourth-order valence-corrected chi connectivity index (χ4v) is 5.59. The predicted octanol–water partition coefficient (Wildman–Crippen LogP) is 3.63. The van der Waals surface area contributed by atoms with E-state index in [9.17, 15) is 9.90 Å². The summed E-state index contributed by atoms with van der Waals surface area (Å²) in [5.74, 6) is 0.501. The molecule has 2 saturated carbocycles. The second kappa shape index (κ2) is 7.63. The molecule has 2 fully saturated rings. The van der Waals surface area contributed by atoms with Crippen molar-refractivity contribution in [3.05, 3.63) is 24.3 Å². The molecule has 0 heterocycles. The van der Waals surface area contributed by atoms with E-state index in [4.69, 9.17) is 9.84 Å². The van der Waals surface area contributed by atoms with Gasteiger partial charge >= 0.3 is 5.97 Å². The van der Waals surface area contributed by atoms with E-state index in [2.05, 4.69) is 27.0 Å². The predicted molar refractivity (Wildman–Crippen MR) is 98.9 cm³/mol. The molecular formula is C21H34O4. The van der Waals surface area contributed by atoms with Crippen LogP contribution in [0.2, 0.25) is 0 Å². The first-order valence-electron chi connectivity index (χ1n) is 9.43. The van der Waals surface area contributed by atoms with Crippen molar-refractivity contribution in [2.45, 2.75) is 64.9 Å². The number of carbonyl (C=O) groups is 1. The van der Waals surface area contributed by atoms with Gasteiger partial charge in [0, 0.05) is 0 Å². The summed E-state index contributed by atoms with van der Waals surface area (Å²) >= 11 is 0. The molecule has 2 aliphatic carbocycles. The van der Waals surface area contributed by atoms with Crippen LogP contribution in [0.15, 0.2) is 24.3 Å². The fourth-order valence-electron chi connectivity index (χ4n) is 5.59. The Labute approximate surface area is 152 Å². The minimum absolute atomic E-state index is 0.0149. The zero-order valence-corrected chi connectivity index (χ0v) is 16.0. The Balaban J connectivity index is 2.24. The summed E-state index contributed by atoms with van der Waals surface area (Å²) in [4.78, 5) is 12.5. The van der Waals surface area contributed by atoms with Crippen molar-refractivity contribution in [1.82, 2.24) is 0 Å². The third kappa shape index (κ3) is 3.56. The number of aliphatic hydroxyl groups is 2. The topological polar surface area (TPSA) is 66.8 Å². The van der Waals surface area contributed by atoms with Crippen LogP contribution in [0.5, 0.6) is 0 Å². The first-order chi connectivity index (χ1) is 11.7. The lowest BCUT2D eigenvalue weighted by atomic mass is 9.46. The van der Waals surface area contributed by atoms with E-state index in [1.165, 1.54) is 12.7 Å². The summed E-state index contributed by atoms with van der Waals surface area (Å²) in [6.45, 7) is 12.3. The van der Waals surface area contributed by atoms with Gasteiger partial charge in [-0.2, -0.15) is 0 Å². The molecule has 2 N–H and O–H groups in total. The second-order valence-electron chi connectivity index (χ2n) is 8.47. The molecule has 0 amide bonds. The van der Waals surface area contributed by atoms with Crippen LogP contribution in [0.4, 0.5) is 0 Å². The van der Waals surface area contributed by atoms with E-state index in [0.717, 1.165) is 38.5 Å². The first kappa shape index (κ1) is 20.2. The average molecular weight is 350 g/mol. The van der Waals surface area contributed by atoms with Gasteiger partial charge in [-0.25, -0.2) is 0 Å². The number of methoxy groups -OCH3 is 1. The monoisotopic (exact) mass is 350 g/mol. The summed E-state index contributed by atoms with van der Waals surface area (Å²) in [6, 6.07) is 0. The summed E-state index contributed by atoms with van der Waals surface area (Å²) in [6.07, 6.45) is 5.58. The third-order valence-corrected chi connectivity index (χ3v) is 7.07. The molecule has 0 unspecified atom stereocenters. The second-order valence-corrected chi connectivity index (χ2v) is 8.47. The van der Waals surface area contributed by atoms with Gasteiger partial charge in [-0.15, -0.1) is 0 Å². The molecule has 2 rings (SSSR count). The highest BCUT2D eigenvalue weighted by Gasteiger charge is 2.57. The van der Waals surface area contributed by atoms with E-state index >= 15 is 0 Å². The molecule has 4 nitrogen and oxygen atoms in total. The molecular weight excluding hydrogens is 316 g/mol. The molecule has 0 aliphatic heterocycles. The zero-order chi connectivity index (χ0) is 18.8. The van der Waals surface area contributed by atoms with Crippen molar-refractivity contribution < 1.29 is 19.7 Å². The average Bonchev–Trinajstić information content (AvgIpc) is 2.58. The maximum Gasteiger partial charge on any atom is 0.311 e. The number of fused-ring (bicyclic) bond motifs is 1. The Bertz CT molecular complexity index is 540. The molecule has 4 heteroatoms. The Hall–Kier alpha value is -1.13. The van der Waals surface area contributed by atoms with Crippen molar-refractivity contribution in [2.24, 2.45) is 22.7 Å². The highest BCUT2D eigenvalue weighted by molar-refractivity contribution is 5.77. The molecule has 0 bridgehead atoms. The van der Waals surface area contributed by atoms with Crippen LogP contribution in [-0.4, -0.2) is 36.0 Å². The summed E-state index contributed by atoms with van der Waals surface area (Å²) < 4.78 is 5.16. The van der Waals surface area contributed by atoms with Crippen molar-refractivity contribution in [3.8, 4) is 0 Å². The van der Waals surface area contributed by atoms with Gasteiger partial charge in [0.1, 0.15) is 0 Å². The largest absolute Gasteiger partial charge is 0.469 e. The van der Waals surface area contributed by atoms with Crippen molar-refractivity contribution in [2.75, 3.05) is 13.7 Å². The minimum atomic E-state index is -0.854. The maximum atomic E-state index is 12.5. The van der Waals surface area contributed by atoms with E-state index < -0.39 is 11.5 Å². The summed E-state index contributed by atoms with van der Waals surface area (Å²) in [7, 11) is 1.49. The van der Waals surface area contributed by atoms with Gasteiger partial charge in [-0.3, -0.25) is 4.79 Å². The minimum Gasteiger partial charge on any atom is -0.469 e. The third-order valence-electron chi connectivity index (χ3n) is 7.07. The first-order valence-corrected chi connectivity index (χ1v) is 9.43. The number of hydrogen-bond donors (Lipinski definition) is 2. The zero-order valence-electron chi connectivity index (χ0n) is 16.0. The molecule has 142 valence electrons. The van der Waals surface area contributed by atoms with Gasteiger partial charge in [0.05, 0.1) is 25.2 Å². The number of esters is 1. The molecule has 0 radical (unpaired) electrons. The van der Waals surface area contributed by atoms with Gasteiger partial charge in [-0.05, 0) is 68.3 Å². The highest BCUT2D eigenvalue weighted by Crippen LogP contribution is 2.62. The van der Waals surface area contributed by atoms with E-state index in [0.29, 0.717) is 17.9 Å². The number of carbonyl (C=O) groups excluding carboxylic acids is 1. The van der Waals surface area contributed by atoms with Crippen LogP contribution in [0.1, 0.15) is 58.8 Å². The quantitative estimate of drug-likeness (QED) is 0.567. The maximum absolute atomic E-state index is 12.5. The Morgan fingerprint density at radius 2 is 2.08 bits per heavy atom. The highest BCUT2D eigenvalue weighted by atomic mass is 16.5. The Kier molecular flexibility index (Phi) is 6.16. The van der Waals surface area contributed by atoms with E-state index in [1.807, 2.05) is 0 Å². The smallest absolute Gasteiger partial charge is 0.311 e. The molecule has 5 atom stereocenters. The summed E-state index contributed by atoms with van der Waals surface area (Å²) in [5, 5.41) is 18.9. The van der Waals surface area contributed by atoms with Crippen molar-refractivity contribution in [1.29, 1.82) is 0 Å². The molecule has 0 aromatic rings. The van der Waals surface area contributed by atoms with Gasteiger partial charge in [0.25, 0.3) is 0 Å². The van der Waals surface area contributed by atoms with Gasteiger partial charge in [0.2, 0.25) is 0 Å². The lowest BCUT2D eigenvalue weighted by Crippen LogP contribution is -2.53. The number of ether oxygens (including phenoxy) is 1. The SMILES string of the molecule is C=C(CC[C@H]1C(=C)CC[C@@H]2[C@]1(C)CCC[C@]2(C)C(=O)OC)[C@H](O)CO. The van der Waals surface area contributed by atoms with Crippen molar-refractivity contribution in [3.63, 3.8) is 0 Å². The molecule has 25 heavy (non-hydrogen) atoms. The standard InChI is InChI=1S/C21H34O4/c1-14-8-10-18-20(3,11-6-12-21(18,4)19(24)25-5)16(14)9-7-15(2)17(23)13-22/h16-18,22-23H,1-2,6-13H2,3-5H3/t16-,17+,18+,20+,21-/m0/s1. The van der Waals surface area contributed by atoms with Crippen LogP contribution < -0.4 is 0 Å². The number of hydrogen-bond acceptors (Lipinski definition) is 4. The lowest BCUT2D eigenvalue weighted by molar-refractivity contribution is -0.168. The van der Waals surface area contributed by atoms with Crippen molar-refractivity contribution >= 4 is 5.97 Å². The molecule has 2 aliphatic rings. The van der Waals surface area contributed by atoms with Crippen LogP contribution >= 0.6 is 0 Å². The van der Waals surface area contributed by atoms with E-state index in [-0.39, 0.29) is 23.9 Å².